The summed E-state index contributed by atoms with van der Waals surface area (Å²) in [4.78, 5) is 50.9. The zero-order valence-electron chi connectivity index (χ0n) is 24.2. The van der Waals surface area contributed by atoms with Gasteiger partial charge >= 0.3 is 16.3 Å². The van der Waals surface area contributed by atoms with Crippen molar-refractivity contribution in [3.05, 3.63) is 53.6 Å². The molecule has 20 nitrogen and oxygen atoms in total. The van der Waals surface area contributed by atoms with Crippen molar-refractivity contribution in [2.75, 3.05) is 25.4 Å². The molecule has 0 bridgehead atoms. The topological polar surface area (TPSA) is 289 Å². The summed E-state index contributed by atoms with van der Waals surface area (Å²) >= 11 is 0.937. The number of nitrogen functional groups attached to an aromatic ring is 1. The second kappa shape index (κ2) is 14.1. The number of hydrogen-bond acceptors (Lipinski definition) is 15. The van der Waals surface area contributed by atoms with E-state index in [2.05, 4.69) is 36.2 Å². The summed E-state index contributed by atoms with van der Waals surface area (Å²) in [6, 6.07) is 3.77. The van der Waals surface area contributed by atoms with Crippen molar-refractivity contribution in [1.29, 1.82) is 5.41 Å². The van der Waals surface area contributed by atoms with Crippen molar-refractivity contribution in [1.82, 2.24) is 40.0 Å². The van der Waals surface area contributed by atoms with E-state index < -0.39 is 58.6 Å². The molecule has 0 spiro atoms. The van der Waals surface area contributed by atoms with E-state index >= 15 is 0 Å². The van der Waals surface area contributed by atoms with Gasteiger partial charge in [-0.15, -0.1) is 11.3 Å². The third-order valence-corrected chi connectivity index (χ3v) is 8.65. The van der Waals surface area contributed by atoms with Crippen LogP contribution < -0.4 is 26.4 Å². The molecule has 2 amide bonds. The second-order valence-electron chi connectivity index (χ2n) is 10.2. The molecule has 3 aromatic rings. The minimum Gasteiger partial charge on any atom is -0.489 e. The maximum atomic E-state index is 13.3. The van der Waals surface area contributed by atoms with Gasteiger partial charge in [0.25, 0.3) is 17.9 Å². The number of anilines is 1. The number of rotatable bonds is 14. The summed E-state index contributed by atoms with van der Waals surface area (Å²) in [5.41, 5.74) is 5.61. The van der Waals surface area contributed by atoms with Crippen LogP contribution in [0.2, 0.25) is 0 Å². The molecule has 47 heavy (non-hydrogen) atoms. The number of nitrogens with one attached hydrogen (secondary N) is 4. The van der Waals surface area contributed by atoms with Gasteiger partial charge in [0.1, 0.15) is 42.6 Å². The zero-order chi connectivity index (χ0) is 33.7. The van der Waals surface area contributed by atoms with Crippen molar-refractivity contribution >= 4 is 56.1 Å². The van der Waals surface area contributed by atoms with E-state index in [1.54, 1.807) is 24.3 Å². The Bertz CT molecular complexity index is 1760. The molecule has 4 atom stereocenters. The SMILES string of the molecule is N=C(N[C@@H]1CCNC1)c1ccc(OC[C@H](O/N=C(\C(=O)NC2C(=O)N(S(=O)(=O)O)C2Cn2cncn2)c2csc(N)n2)C(=O)O)cc1. The van der Waals surface area contributed by atoms with Crippen LogP contribution in [0.15, 0.2) is 47.5 Å². The van der Waals surface area contributed by atoms with Crippen LogP contribution in [0, 0.1) is 5.41 Å². The number of carbonyl (C=O) groups is 3. The van der Waals surface area contributed by atoms with Gasteiger partial charge in [-0.1, -0.05) is 5.16 Å². The van der Waals surface area contributed by atoms with Gasteiger partial charge in [0.05, 0.1) is 12.6 Å². The van der Waals surface area contributed by atoms with Crippen molar-refractivity contribution in [3.8, 4) is 5.75 Å². The number of hydrogen-bond donors (Lipinski definition) is 7. The second-order valence-corrected chi connectivity index (χ2v) is 12.4. The van der Waals surface area contributed by atoms with Crippen LogP contribution >= 0.6 is 11.3 Å². The van der Waals surface area contributed by atoms with Crippen LogP contribution in [0.3, 0.4) is 0 Å². The highest BCUT2D eigenvalue weighted by atomic mass is 32.2. The summed E-state index contributed by atoms with van der Waals surface area (Å²) < 4.78 is 40.1. The average Bonchev–Trinajstić information content (AvgIpc) is 3.81. The monoisotopic (exact) mass is 691 g/mol. The lowest BCUT2D eigenvalue weighted by Gasteiger charge is -2.43. The number of carboxylic acid groups (broad SMARTS) is 1. The molecule has 1 aromatic carbocycles. The summed E-state index contributed by atoms with van der Waals surface area (Å²) in [5, 5.41) is 35.6. The van der Waals surface area contributed by atoms with Gasteiger partial charge in [-0.05, 0) is 37.2 Å². The van der Waals surface area contributed by atoms with E-state index in [4.69, 9.17) is 20.7 Å². The van der Waals surface area contributed by atoms with E-state index in [0.717, 1.165) is 37.2 Å². The summed E-state index contributed by atoms with van der Waals surface area (Å²) in [5.74, 6) is -3.20. The Balaban J connectivity index is 1.27. The fourth-order valence-electron chi connectivity index (χ4n) is 4.69. The first-order chi connectivity index (χ1) is 22.4. The first-order valence-corrected chi connectivity index (χ1v) is 16.1. The van der Waals surface area contributed by atoms with Crippen molar-refractivity contribution < 1.29 is 42.0 Å². The summed E-state index contributed by atoms with van der Waals surface area (Å²) in [6.07, 6.45) is 1.58. The van der Waals surface area contributed by atoms with E-state index in [-0.39, 0.29) is 39.3 Å². The molecular weight excluding hydrogens is 662 g/mol. The van der Waals surface area contributed by atoms with Crippen LogP contribution in [0.4, 0.5) is 5.13 Å². The number of nitrogens with zero attached hydrogens (tertiary/aromatic N) is 6. The quantitative estimate of drug-likeness (QED) is 0.0318. The molecule has 2 fully saturated rings. The fourth-order valence-corrected chi connectivity index (χ4v) is 6.11. The molecule has 250 valence electrons. The number of carboxylic acids is 1. The first-order valence-electron chi connectivity index (χ1n) is 13.8. The molecular formula is C25H29N11O9S2. The van der Waals surface area contributed by atoms with Crippen LogP contribution in [0.5, 0.6) is 5.75 Å². The Morgan fingerprint density at radius 1 is 1.28 bits per heavy atom. The number of carbonyl (C=O) groups excluding carboxylic acids is 2. The molecule has 2 unspecified atom stereocenters. The highest BCUT2D eigenvalue weighted by Crippen LogP contribution is 2.25. The fraction of sp³-hybridized carbons (Fsp3) is 0.360. The predicted molar refractivity (Wildman–Crippen MR) is 163 cm³/mol. The van der Waals surface area contributed by atoms with E-state index in [1.807, 2.05) is 0 Å². The molecule has 0 saturated carbocycles. The lowest BCUT2D eigenvalue weighted by molar-refractivity contribution is -0.152. The minimum atomic E-state index is -4.98. The van der Waals surface area contributed by atoms with Gasteiger partial charge in [0.2, 0.25) is 0 Å². The Kier molecular flexibility index (Phi) is 9.93. The number of ether oxygens (including phenoxy) is 1. The van der Waals surface area contributed by atoms with Crippen LogP contribution in [-0.2, 0) is 36.1 Å². The third kappa shape index (κ3) is 7.97. The maximum absolute atomic E-state index is 13.3. The number of nitrogens with two attached hydrogens (primary N) is 1. The molecule has 8 N–H and O–H groups in total. The Morgan fingerprint density at radius 3 is 2.64 bits per heavy atom. The van der Waals surface area contributed by atoms with Crippen molar-refractivity contribution in [2.45, 2.75) is 37.2 Å². The van der Waals surface area contributed by atoms with E-state index in [1.165, 1.54) is 16.4 Å². The zero-order valence-corrected chi connectivity index (χ0v) is 25.8. The molecule has 2 aliphatic heterocycles. The van der Waals surface area contributed by atoms with Crippen LogP contribution in [0.1, 0.15) is 17.7 Å². The van der Waals surface area contributed by atoms with Gasteiger partial charge in [-0.2, -0.15) is 13.5 Å². The van der Waals surface area contributed by atoms with E-state index in [0.29, 0.717) is 5.56 Å². The number of amidine groups is 1. The van der Waals surface area contributed by atoms with Gasteiger partial charge in [0, 0.05) is 23.5 Å². The Hall–Kier alpha value is -5.19. The molecule has 0 radical (unpaired) electrons. The number of amides is 2. The van der Waals surface area contributed by atoms with Crippen LogP contribution in [-0.4, -0.2) is 115 Å². The highest BCUT2D eigenvalue weighted by Gasteiger charge is 2.54. The number of aromatic nitrogens is 4. The first kappa shape index (κ1) is 33.2. The van der Waals surface area contributed by atoms with Gasteiger partial charge < -0.3 is 36.4 Å². The molecule has 22 heteroatoms. The minimum absolute atomic E-state index is 0.0339. The lowest BCUT2D eigenvalue weighted by atomic mass is 9.98. The lowest BCUT2D eigenvalue weighted by Crippen LogP contribution is -2.73. The molecule has 2 aromatic heterocycles. The Labute approximate surface area is 270 Å². The molecule has 2 saturated heterocycles. The predicted octanol–water partition coefficient (Wildman–Crippen LogP) is -1.95. The number of aliphatic carboxylic acids is 1. The number of β-lactam (4-membered cyclic amide) rings is 1. The summed E-state index contributed by atoms with van der Waals surface area (Å²) in [6.45, 7) is 0.829. The van der Waals surface area contributed by atoms with Gasteiger partial charge in [-0.3, -0.25) is 24.2 Å². The normalized spacial score (nSPS) is 20.3. The van der Waals surface area contributed by atoms with Crippen LogP contribution in [0.25, 0.3) is 0 Å². The van der Waals surface area contributed by atoms with Crippen molar-refractivity contribution in [2.24, 2.45) is 5.16 Å². The molecule has 2 aliphatic rings. The van der Waals surface area contributed by atoms with E-state index in [9.17, 15) is 32.5 Å². The summed E-state index contributed by atoms with van der Waals surface area (Å²) in [7, 11) is -4.98. The highest BCUT2D eigenvalue weighted by molar-refractivity contribution is 7.84. The van der Waals surface area contributed by atoms with Gasteiger partial charge in [-0.25, -0.2) is 19.1 Å². The third-order valence-electron chi connectivity index (χ3n) is 7.02. The number of benzene rings is 1. The smallest absolute Gasteiger partial charge is 0.362 e. The molecule has 5 rings (SSSR count). The number of oxime groups is 1. The largest absolute Gasteiger partial charge is 0.489 e. The Morgan fingerprint density at radius 2 is 2.04 bits per heavy atom. The standard InChI is InChI=1S/C25H29N11O9S2/c26-21(31-14-5-6-28-7-14)13-1-3-15(4-2-13)44-9-18(24(39)40)45-34-19(16-10-46-25(27)32-16)22(37)33-20-17(8-35-12-29-11-30-35)36(23(20)38)47(41,42)43/h1-4,10-12,14,17-18,20,28H,5-9H2,(H2,26,31)(H2,27,32)(H,33,37)(H,39,40)(H,41,42,43)/b34-19-/t14-,17?,18+,20?/m1/s1. The van der Waals surface area contributed by atoms with Gasteiger partial charge in [0.15, 0.2) is 10.8 Å². The molecule has 4 heterocycles. The van der Waals surface area contributed by atoms with Crippen molar-refractivity contribution in [3.63, 3.8) is 0 Å². The molecule has 0 aliphatic carbocycles. The number of thiazole rings is 1. The maximum Gasteiger partial charge on any atom is 0.362 e. The average molecular weight is 692 g/mol.